The van der Waals surface area contributed by atoms with Crippen LogP contribution in [0.2, 0.25) is 0 Å². The fourth-order valence-electron chi connectivity index (χ4n) is 0.959. The van der Waals surface area contributed by atoms with Crippen molar-refractivity contribution in [3.8, 4) is 0 Å². The van der Waals surface area contributed by atoms with Crippen LogP contribution >= 0.6 is 0 Å². The maximum Gasteiger partial charge on any atom is 0.357 e. The van der Waals surface area contributed by atoms with Crippen LogP contribution in [0.1, 0.15) is 29.9 Å². The molecule has 4 nitrogen and oxygen atoms in total. The van der Waals surface area contributed by atoms with E-state index in [1.165, 1.54) is 12.3 Å². The summed E-state index contributed by atoms with van der Waals surface area (Å²) in [7, 11) is 0. The molecule has 0 unspecified atom stereocenters. The topological polar surface area (TPSA) is 59.4 Å². The predicted octanol–water partition coefficient (Wildman–Crippen LogP) is 1.14. The molecular weight excluding hydrogens is 182 g/mol. The number of hydrogen-bond acceptors (Lipinski definition) is 4. The van der Waals surface area contributed by atoms with Gasteiger partial charge in [-0.2, -0.15) is 0 Å². The van der Waals surface area contributed by atoms with Gasteiger partial charge in [-0.1, -0.05) is 0 Å². The van der Waals surface area contributed by atoms with E-state index in [0.29, 0.717) is 5.56 Å². The molecule has 0 bridgehead atoms. The standard InChI is InChI=1S/C10H13NO3/c1-7(2)14-10(13)9-5-8(6-12)3-4-11-9/h3-5,7,12H,6H2,1-2H3. The summed E-state index contributed by atoms with van der Waals surface area (Å²) < 4.78 is 4.95. The van der Waals surface area contributed by atoms with Crippen molar-refractivity contribution >= 4 is 5.97 Å². The first-order chi connectivity index (χ1) is 6.63. The van der Waals surface area contributed by atoms with E-state index >= 15 is 0 Å². The Morgan fingerprint density at radius 3 is 2.93 bits per heavy atom. The highest BCUT2D eigenvalue weighted by molar-refractivity contribution is 5.87. The zero-order valence-corrected chi connectivity index (χ0v) is 8.23. The molecule has 0 aliphatic rings. The quantitative estimate of drug-likeness (QED) is 0.735. The summed E-state index contributed by atoms with van der Waals surface area (Å²) in [6.07, 6.45) is 1.31. The Morgan fingerprint density at radius 2 is 2.36 bits per heavy atom. The second-order valence-electron chi connectivity index (χ2n) is 3.16. The fraction of sp³-hybridized carbons (Fsp3) is 0.400. The second-order valence-corrected chi connectivity index (χ2v) is 3.16. The van der Waals surface area contributed by atoms with Crippen LogP contribution in [0.15, 0.2) is 18.3 Å². The van der Waals surface area contributed by atoms with Gasteiger partial charge in [0.05, 0.1) is 12.7 Å². The third-order valence-corrected chi connectivity index (χ3v) is 1.56. The Kier molecular flexibility index (Phi) is 3.59. The number of nitrogens with zero attached hydrogens (tertiary/aromatic N) is 1. The monoisotopic (exact) mass is 195 g/mol. The molecule has 1 heterocycles. The van der Waals surface area contributed by atoms with Gasteiger partial charge in [0.1, 0.15) is 5.69 Å². The van der Waals surface area contributed by atoms with Crippen molar-refractivity contribution in [2.24, 2.45) is 0 Å². The fourth-order valence-corrected chi connectivity index (χ4v) is 0.959. The van der Waals surface area contributed by atoms with Crippen molar-refractivity contribution in [1.82, 2.24) is 4.98 Å². The average molecular weight is 195 g/mol. The van der Waals surface area contributed by atoms with Crippen molar-refractivity contribution in [3.63, 3.8) is 0 Å². The summed E-state index contributed by atoms with van der Waals surface area (Å²) in [6, 6.07) is 3.16. The first-order valence-electron chi connectivity index (χ1n) is 4.40. The first kappa shape index (κ1) is 10.7. The van der Waals surface area contributed by atoms with E-state index in [1.807, 2.05) is 0 Å². The number of carbonyl (C=O) groups excluding carboxylic acids is 1. The Hall–Kier alpha value is -1.42. The summed E-state index contributed by atoms with van der Waals surface area (Å²) in [5, 5.41) is 8.85. The number of ether oxygens (including phenoxy) is 1. The van der Waals surface area contributed by atoms with Crippen LogP contribution in [0.3, 0.4) is 0 Å². The lowest BCUT2D eigenvalue weighted by Crippen LogP contribution is -2.13. The minimum absolute atomic E-state index is 0.107. The minimum atomic E-state index is -0.463. The number of hydrogen-bond donors (Lipinski definition) is 1. The van der Waals surface area contributed by atoms with Crippen LogP contribution in [0.5, 0.6) is 0 Å². The molecule has 0 atom stereocenters. The van der Waals surface area contributed by atoms with Gasteiger partial charge in [0.15, 0.2) is 0 Å². The van der Waals surface area contributed by atoms with Crippen molar-refractivity contribution < 1.29 is 14.6 Å². The Balaban J connectivity index is 2.79. The molecular formula is C10H13NO3. The predicted molar refractivity (Wildman–Crippen MR) is 50.7 cm³/mol. The van der Waals surface area contributed by atoms with E-state index in [-0.39, 0.29) is 18.4 Å². The molecule has 0 spiro atoms. The number of esters is 1. The van der Waals surface area contributed by atoms with Crippen LogP contribution in [0.25, 0.3) is 0 Å². The zero-order valence-electron chi connectivity index (χ0n) is 8.23. The van der Waals surface area contributed by atoms with E-state index < -0.39 is 5.97 Å². The number of aliphatic hydroxyl groups is 1. The lowest BCUT2D eigenvalue weighted by molar-refractivity contribution is 0.0370. The molecule has 1 aromatic heterocycles. The smallest absolute Gasteiger partial charge is 0.357 e. The third-order valence-electron chi connectivity index (χ3n) is 1.56. The van der Waals surface area contributed by atoms with Gasteiger partial charge >= 0.3 is 5.97 Å². The summed E-state index contributed by atoms with van der Waals surface area (Å²) in [5.74, 6) is -0.463. The van der Waals surface area contributed by atoms with Gasteiger partial charge in [-0.05, 0) is 31.5 Å². The van der Waals surface area contributed by atoms with Crippen LogP contribution in [-0.4, -0.2) is 22.2 Å². The molecule has 0 saturated carbocycles. The molecule has 0 radical (unpaired) electrons. The second kappa shape index (κ2) is 4.72. The van der Waals surface area contributed by atoms with Gasteiger partial charge in [0.25, 0.3) is 0 Å². The van der Waals surface area contributed by atoms with Crippen molar-refractivity contribution in [1.29, 1.82) is 0 Å². The maximum absolute atomic E-state index is 11.4. The van der Waals surface area contributed by atoms with Crippen molar-refractivity contribution in [2.75, 3.05) is 0 Å². The molecule has 0 saturated heterocycles. The summed E-state index contributed by atoms with van der Waals surface area (Å²) in [5.41, 5.74) is 0.876. The first-order valence-corrected chi connectivity index (χ1v) is 4.40. The lowest BCUT2D eigenvalue weighted by atomic mass is 10.2. The molecule has 0 amide bonds. The molecule has 76 valence electrons. The van der Waals surface area contributed by atoms with E-state index in [4.69, 9.17) is 9.84 Å². The zero-order chi connectivity index (χ0) is 10.6. The van der Waals surface area contributed by atoms with Crippen LogP contribution in [-0.2, 0) is 11.3 Å². The van der Waals surface area contributed by atoms with Gasteiger partial charge in [-0.15, -0.1) is 0 Å². The summed E-state index contributed by atoms with van der Waals surface area (Å²) >= 11 is 0. The molecule has 4 heteroatoms. The van der Waals surface area contributed by atoms with Gasteiger partial charge in [-0.25, -0.2) is 9.78 Å². The largest absolute Gasteiger partial charge is 0.458 e. The highest BCUT2D eigenvalue weighted by Crippen LogP contribution is 2.04. The highest BCUT2D eigenvalue weighted by Gasteiger charge is 2.10. The Bertz CT molecular complexity index is 323. The number of pyridine rings is 1. The molecule has 0 fully saturated rings. The van der Waals surface area contributed by atoms with Crippen LogP contribution in [0, 0.1) is 0 Å². The van der Waals surface area contributed by atoms with Gasteiger partial charge in [0.2, 0.25) is 0 Å². The van der Waals surface area contributed by atoms with E-state index in [9.17, 15) is 4.79 Å². The average Bonchev–Trinajstić information content (AvgIpc) is 2.17. The molecule has 0 aliphatic carbocycles. The highest BCUT2D eigenvalue weighted by atomic mass is 16.5. The van der Waals surface area contributed by atoms with Crippen molar-refractivity contribution in [3.05, 3.63) is 29.6 Å². The summed E-state index contributed by atoms with van der Waals surface area (Å²) in [4.78, 5) is 15.2. The number of aromatic nitrogens is 1. The molecule has 0 aliphatic heterocycles. The Labute approximate surface area is 82.5 Å². The van der Waals surface area contributed by atoms with Gasteiger partial charge in [-0.3, -0.25) is 0 Å². The molecule has 1 N–H and O–H groups in total. The van der Waals surface area contributed by atoms with Crippen LogP contribution < -0.4 is 0 Å². The van der Waals surface area contributed by atoms with Crippen LogP contribution in [0.4, 0.5) is 0 Å². The molecule has 1 rings (SSSR count). The Morgan fingerprint density at radius 1 is 1.64 bits per heavy atom. The van der Waals surface area contributed by atoms with Gasteiger partial charge < -0.3 is 9.84 Å². The number of aliphatic hydroxyl groups excluding tert-OH is 1. The third kappa shape index (κ3) is 2.81. The number of carbonyl (C=O) groups is 1. The van der Waals surface area contributed by atoms with E-state index in [1.54, 1.807) is 19.9 Å². The number of rotatable bonds is 3. The minimum Gasteiger partial charge on any atom is -0.458 e. The van der Waals surface area contributed by atoms with Gasteiger partial charge in [0, 0.05) is 6.20 Å². The lowest BCUT2D eigenvalue weighted by Gasteiger charge is -2.07. The maximum atomic E-state index is 11.4. The van der Waals surface area contributed by atoms with Crippen molar-refractivity contribution in [2.45, 2.75) is 26.6 Å². The van der Waals surface area contributed by atoms with E-state index in [0.717, 1.165) is 0 Å². The summed E-state index contributed by atoms with van der Waals surface area (Å²) in [6.45, 7) is 3.44. The van der Waals surface area contributed by atoms with E-state index in [2.05, 4.69) is 4.98 Å². The SMILES string of the molecule is CC(C)OC(=O)c1cc(CO)ccn1. The molecule has 14 heavy (non-hydrogen) atoms. The normalized spacial score (nSPS) is 10.3. The molecule has 1 aromatic rings. The molecule has 0 aromatic carbocycles.